The molecule has 0 spiro atoms. The summed E-state index contributed by atoms with van der Waals surface area (Å²) in [4.78, 5) is 12.0. The van der Waals surface area contributed by atoms with Gasteiger partial charge in [-0.25, -0.2) is 8.78 Å². The van der Waals surface area contributed by atoms with Crippen molar-refractivity contribution in [2.24, 2.45) is 0 Å². The summed E-state index contributed by atoms with van der Waals surface area (Å²) in [5, 5.41) is 5.01. The third-order valence-corrected chi connectivity index (χ3v) is 4.03. The highest BCUT2D eigenvalue weighted by Crippen LogP contribution is 2.20. The van der Waals surface area contributed by atoms with E-state index in [1.807, 2.05) is 49.4 Å². The van der Waals surface area contributed by atoms with E-state index in [-0.39, 0.29) is 11.6 Å². The van der Waals surface area contributed by atoms with Crippen LogP contribution in [0.15, 0.2) is 66.7 Å². The molecule has 0 saturated carbocycles. The number of benzene rings is 3. The van der Waals surface area contributed by atoms with Gasteiger partial charge in [0.15, 0.2) is 0 Å². The average molecular weight is 337 g/mol. The molecule has 0 saturated heterocycles. The summed E-state index contributed by atoms with van der Waals surface area (Å²) in [5.74, 6) is -1.82. The highest BCUT2D eigenvalue weighted by atomic mass is 19.1. The van der Waals surface area contributed by atoms with Gasteiger partial charge >= 0.3 is 0 Å². The zero-order valence-corrected chi connectivity index (χ0v) is 13.7. The van der Waals surface area contributed by atoms with Gasteiger partial charge in [-0.05, 0) is 47.5 Å². The van der Waals surface area contributed by atoms with Crippen molar-refractivity contribution in [1.82, 2.24) is 5.32 Å². The van der Waals surface area contributed by atoms with Gasteiger partial charge in [0.25, 0.3) is 0 Å². The molecule has 0 heterocycles. The quantitative estimate of drug-likeness (QED) is 0.666. The van der Waals surface area contributed by atoms with E-state index < -0.39 is 17.5 Å². The Morgan fingerprint density at radius 3 is 2.36 bits per heavy atom. The Morgan fingerprint density at radius 2 is 1.64 bits per heavy atom. The van der Waals surface area contributed by atoms with E-state index in [1.54, 1.807) is 0 Å². The monoisotopic (exact) mass is 337 g/mol. The Balaban J connectivity index is 1.72. The summed E-state index contributed by atoms with van der Waals surface area (Å²) < 4.78 is 27.1. The largest absolute Gasteiger partial charge is 0.346 e. The minimum absolute atomic E-state index is 0.226. The van der Waals surface area contributed by atoms with Gasteiger partial charge in [0, 0.05) is 11.6 Å². The molecule has 0 fully saturated rings. The fourth-order valence-electron chi connectivity index (χ4n) is 2.65. The van der Waals surface area contributed by atoms with Crippen LogP contribution in [0, 0.1) is 11.6 Å². The van der Waals surface area contributed by atoms with Crippen molar-refractivity contribution >= 4 is 22.8 Å². The zero-order chi connectivity index (χ0) is 17.8. The molecule has 3 aromatic rings. The minimum Gasteiger partial charge on any atom is -0.346 e. The van der Waals surface area contributed by atoms with Crippen LogP contribution in [0.25, 0.3) is 16.8 Å². The molecule has 0 bridgehead atoms. The van der Waals surface area contributed by atoms with Gasteiger partial charge in [0.2, 0.25) is 5.91 Å². The lowest BCUT2D eigenvalue weighted by Crippen LogP contribution is -2.24. The van der Waals surface area contributed by atoms with E-state index in [4.69, 9.17) is 0 Å². The molecule has 3 rings (SSSR count). The first-order chi connectivity index (χ1) is 12.0. The van der Waals surface area contributed by atoms with E-state index in [1.165, 1.54) is 6.07 Å². The van der Waals surface area contributed by atoms with Crippen molar-refractivity contribution in [1.29, 1.82) is 0 Å². The van der Waals surface area contributed by atoms with E-state index in [9.17, 15) is 13.6 Å². The van der Waals surface area contributed by atoms with Crippen LogP contribution in [0.4, 0.5) is 8.78 Å². The van der Waals surface area contributed by atoms with Gasteiger partial charge in [-0.3, -0.25) is 4.79 Å². The number of fused-ring (bicyclic) bond motifs is 1. The summed E-state index contributed by atoms with van der Waals surface area (Å²) in [6.07, 6.45) is 2.28. The maximum Gasteiger partial charge on any atom is 0.244 e. The molecule has 0 aliphatic rings. The SMILES string of the molecule is CC(NC(=O)C=Cc1c(F)cccc1F)c1ccc2ccccc2c1. The molecule has 1 N–H and O–H groups in total. The van der Waals surface area contributed by atoms with Crippen molar-refractivity contribution in [3.05, 3.63) is 89.5 Å². The number of hydrogen-bond donors (Lipinski definition) is 1. The Bertz CT molecular complexity index is 929. The maximum atomic E-state index is 13.6. The second-order valence-electron chi connectivity index (χ2n) is 5.81. The molecule has 0 aliphatic carbocycles. The van der Waals surface area contributed by atoms with E-state index >= 15 is 0 Å². The first-order valence-electron chi connectivity index (χ1n) is 7.96. The third kappa shape index (κ3) is 3.91. The molecular weight excluding hydrogens is 320 g/mol. The maximum absolute atomic E-state index is 13.6. The van der Waals surface area contributed by atoms with Gasteiger partial charge in [0.05, 0.1) is 6.04 Å². The average Bonchev–Trinajstić information content (AvgIpc) is 2.61. The molecule has 0 radical (unpaired) electrons. The van der Waals surface area contributed by atoms with Crippen LogP contribution in [-0.2, 0) is 4.79 Å². The summed E-state index contributed by atoms with van der Waals surface area (Å²) in [5.41, 5.74) is 0.730. The Kier molecular flexibility index (Phi) is 4.89. The first-order valence-corrected chi connectivity index (χ1v) is 7.96. The number of nitrogens with one attached hydrogen (secondary N) is 1. The van der Waals surface area contributed by atoms with Crippen molar-refractivity contribution < 1.29 is 13.6 Å². The first kappa shape index (κ1) is 16.8. The number of halogens is 2. The van der Waals surface area contributed by atoms with Gasteiger partial charge < -0.3 is 5.32 Å². The highest BCUT2D eigenvalue weighted by molar-refractivity contribution is 5.92. The second-order valence-corrected chi connectivity index (χ2v) is 5.81. The number of hydrogen-bond acceptors (Lipinski definition) is 1. The van der Waals surface area contributed by atoms with Crippen molar-refractivity contribution in [3.63, 3.8) is 0 Å². The minimum atomic E-state index is -0.702. The number of carbonyl (C=O) groups is 1. The van der Waals surface area contributed by atoms with Crippen LogP contribution in [0.1, 0.15) is 24.1 Å². The van der Waals surface area contributed by atoms with Crippen LogP contribution in [0.2, 0.25) is 0 Å². The zero-order valence-electron chi connectivity index (χ0n) is 13.7. The normalized spacial score (nSPS) is 12.4. The predicted octanol–water partition coefficient (Wildman–Crippen LogP) is 5.01. The van der Waals surface area contributed by atoms with Gasteiger partial charge in [-0.15, -0.1) is 0 Å². The van der Waals surface area contributed by atoms with Gasteiger partial charge in [-0.2, -0.15) is 0 Å². The summed E-state index contributed by atoms with van der Waals surface area (Å²) in [6, 6.07) is 17.3. The van der Waals surface area contributed by atoms with Gasteiger partial charge in [0.1, 0.15) is 11.6 Å². The molecular formula is C21H17F2NO. The van der Waals surface area contributed by atoms with Crippen molar-refractivity contribution in [2.75, 3.05) is 0 Å². The fourth-order valence-corrected chi connectivity index (χ4v) is 2.65. The smallest absolute Gasteiger partial charge is 0.244 e. The van der Waals surface area contributed by atoms with Crippen LogP contribution < -0.4 is 5.32 Å². The molecule has 0 aromatic heterocycles. The molecule has 4 heteroatoms. The lowest BCUT2D eigenvalue weighted by molar-refractivity contribution is -0.117. The molecule has 126 valence electrons. The van der Waals surface area contributed by atoms with E-state index in [2.05, 4.69) is 5.32 Å². The number of carbonyl (C=O) groups excluding carboxylic acids is 1. The summed E-state index contributed by atoms with van der Waals surface area (Å²) in [6.45, 7) is 1.86. The molecule has 2 nitrogen and oxygen atoms in total. The Morgan fingerprint density at radius 1 is 0.960 bits per heavy atom. The molecule has 25 heavy (non-hydrogen) atoms. The van der Waals surface area contributed by atoms with Crippen LogP contribution in [0.5, 0.6) is 0 Å². The third-order valence-electron chi connectivity index (χ3n) is 4.03. The second kappa shape index (κ2) is 7.26. The van der Waals surface area contributed by atoms with E-state index in [0.29, 0.717) is 0 Å². The predicted molar refractivity (Wildman–Crippen MR) is 95.9 cm³/mol. The van der Waals surface area contributed by atoms with Crippen molar-refractivity contribution in [3.8, 4) is 0 Å². The van der Waals surface area contributed by atoms with E-state index in [0.717, 1.165) is 40.6 Å². The van der Waals surface area contributed by atoms with Crippen LogP contribution in [0.3, 0.4) is 0 Å². The fraction of sp³-hybridized carbons (Fsp3) is 0.0952. The van der Waals surface area contributed by atoms with Crippen LogP contribution >= 0.6 is 0 Å². The molecule has 1 amide bonds. The van der Waals surface area contributed by atoms with Gasteiger partial charge in [-0.1, -0.05) is 42.5 Å². The van der Waals surface area contributed by atoms with Crippen molar-refractivity contribution in [2.45, 2.75) is 13.0 Å². The van der Waals surface area contributed by atoms with Crippen LogP contribution in [-0.4, -0.2) is 5.91 Å². The number of amides is 1. The molecule has 0 aliphatic heterocycles. The lowest BCUT2D eigenvalue weighted by atomic mass is 10.0. The standard InChI is InChI=1S/C21H17F2NO/c1-14(16-10-9-15-5-2-3-6-17(15)13-16)24-21(25)12-11-18-19(22)7-4-8-20(18)23/h2-14H,1H3,(H,24,25). The Hall–Kier alpha value is -3.01. The lowest BCUT2D eigenvalue weighted by Gasteiger charge is -2.14. The summed E-state index contributed by atoms with van der Waals surface area (Å²) in [7, 11) is 0. The highest BCUT2D eigenvalue weighted by Gasteiger charge is 2.09. The topological polar surface area (TPSA) is 29.1 Å². The molecule has 3 aromatic carbocycles. The molecule has 1 atom stereocenters. The summed E-state index contributed by atoms with van der Waals surface area (Å²) >= 11 is 0. The Labute approximate surface area is 144 Å². The molecule has 1 unspecified atom stereocenters. The number of rotatable bonds is 4.